The number of aromatic nitrogens is 1. The van der Waals surface area contributed by atoms with Crippen molar-refractivity contribution in [3.63, 3.8) is 0 Å². The van der Waals surface area contributed by atoms with Gasteiger partial charge < -0.3 is 0 Å². The van der Waals surface area contributed by atoms with Gasteiger partial charge in [0, 0.05) is 12.5 Å². The number of hydrogen-bond acceptors (Lipinski definition) is 5. The van der Waals surface area contributed by atoms with Crippen molar-refractivity contribution in [3.05, 3.63) is 5.56 Å². The van der Waals surface area contributed by atoms with Crippen LogP contribution in [0.1, 0.15) is 5.56 Å². The van der Waals surface area contributed by atoms with Crippen LogP contribution >= 0.6 is 11.5 Å². The topological polar surface area (TPSA) is 70.8 Å². The molecular weight excluding hydrogens is 228 g/mol. The Balaban J connectivity index is 3.37. The molecule has 0 aliphatic rings. The summed E-state index contributed by atoms with van der Waals surface area (Å²) in [5, 5.41) is 8.97. The van der Waals surface area contributed by atoms with Crippen molar-refractivity contribution in [2.75, 3.05) is 12.5 Å². The predicted octanol–water partition coefficient (Wildman–Crippen LogP) is 0.490. The molecule has 13 heavy (non-hydrogen) atoms. The summed E-state index contributed by atoms with van der Waals surface area (Å²) in [5.74, 6) is 0. The van der Waals surface area contributed by atoms with Crippen molar-refractivity contribution in [3.8, 4) is 6.07 Å². The Kier molecular flexibility index (Phi) is 3.30. The summed E-state index contributed by atoms with van der Waals surface area (Å²) >= 11 is 0.971. The molecule has 7 heteroatoms. The van der Waals surface area contributed by atoms with Gasteiger partial charge in [0.1, 0.15) is 15.8 Å². The van der Waals surface area contributed by atoms with E-state index in [9.17, 15) is 8.42 Å². The molecule has 0 aromatic carbocycles. The van der Waals surface area contributed by atoms with Gasteiger partial charge in [-0.3, -0.25) is 8.42 Å². The first-order valence-corrected chi connectivity index (χ1v) is 7.03. The molecule has 0 bridgehead atoms. The third kappa shape index (κ3) is 2.02. The number of nitriles is 1. The lowest BCUT2D eigenvalue weighted by atomic mass is 10.4. The van der Waals surface area contributed by atoms with Crippen molar-refractivity contribution in [1.29, 1.82) is 5.26 Å². The Morgan fingerprint density at radius 3 is 2.38 bits per heavy atom. The van der Waals surface area contributed by atoms with Gasteiger partial charge in [0.25, 0.3) is 0 Å². The number of nitrogens with zero attached hydrogens (tertiary/aromatic N) is 2. The van der Waals surface area contributed by atoms with E-state index in [0.29, 0.717) is 4.21 Å². The SMILES string of the molecule is CS(=O)c1nsc(S(C)=O)c1C#N. The van der Waals surface area contributed by atoms with Gasteiger partial charge in [0.15, 0.2) is 5.03 Å². The van der Waals surface area contributed by atoms with Crippen LogP contribution in [-0.4, -0.2) is 25.3 Å². The summed E-state index contributed by atoms with van der Waals surface area (Å²) in [6, 6.07) is 1.87. The molecule has 0 N–H and O–H groups in total. The fourth-order valence-electron chi connectivity index (χ4n) is 0.747. The lowest BCUT2D eigenvalue weighted by Crippen LogP contribution is -1.93. The van der Waals surface area contributed by atoms with Gasteiger partial charge >= 0.3 is 0 Å². The van der Waals surface area contributed by atoms with Crippen molar-refractivity contribution < 1.29 is 8.42 Å². The van der Waals surface area contributed by atoms with Crippen LogP contribution in [0.3, 0.4) is 0 Å². The van der Waals surface area contributed by atoms with E-state index in [4.69, 9.17) is 5.26 Å². The maximum atomic E-state index is 11.1. The summed E-state index contributed by atoms with van der Waals surface area (Å²) in [6.45, 7) is 0. The van der Waals surface area contributed by atoms with Crippen LogP contribution in [0.15, 0.2) is 9.24 Å². The quantitative estimate of drug-likeness (QED) is 0.746. The van der Waals surface area contributed by atoms with Crippen LogP contribution in [0.5, 0.6) is 0 Å². The molecule has 1 heterocycles. The molecule has 0 spiro atoms. The molecule has 0 fully saturated rings. The molecule has 0 saturated carbocycles. The second kappa shape index (κ2) is 4.09. The molecule has 0 aliphatic heterocycles. The van der Waals surface area contributed by atoms with E-state index in [1.807, 2.05) is 6.07 Å². The second-order valence-corrected chi connectivity index (χ2v) is 5.81. The van der Waals surface area contributed by atoms with Crippen LogP contribution in [-0.2, 0) is 21.6 Å². The molecule has 2 unspecified atom stereocenters. The average molecular weight is 234 g/mol. The van der Waals surface area contributed by atoms with Gasteiger partial charge in [-0.15, -0.1) is 0 Å². The van der Waals surface area contributed by atoms with Gasteiger partial charge in [-0.25, -0.2) is 0 Å². The van der Waals surface area contributed by atoms with Gasteiger partial charge in [0.05, 0.1) is 21.6 Å². The first-order valence-electron chi connectivity index (χ1n) is 3.14. The monoisotopic (exact) mass is 234 g/mol. The van der Waals surface area contributed by atoms with E-state index in [2.05, 4.69) is 4.37 Å². The van der Waals surface area contributed by atoms with E-state index in [1.165, 1.54) is 12.5 Å². The highest BCUT2D eigenvalue weighted by atomic mass is 32.2. The molecule has 0 radical (unpaired) electrons. The van der Waals surface area contributed by atoms with Gasteiger partial charge in [-0.2, -0.15) is 9.64 Å². The summed E-state index contributed by atoms with van der Waals surface area (Å²) in [4.78, 5) is 0. The molecule has 1 rings (SSSR count). The molecule has 1 aromatic rings. The highest BCUT2D eigenvalue weighted by molar-refractivity contribution is 7.87. The van der Waals surface area contributed by atoms with Gasteiger partial charge in [-0.05, 0) is 11.5 Å². The second-order valence-electron chi connectivity index (χ2n) is 2.17. The van der Waals surface area contributed by atoms with Gasteiger partial charge in [0.2, 0.25) is 0 Å². The van der Waals surface area contributed by atoms with Crippen LogP contribution in [0, 0.1) is 11.3 Å². The summed E-state index contributed by atoms with van der Waals surface area (Å²) in [7, 11) is -2.53. The van der Waals surface area contributed by atoms with Gasteiger partial charge in [-0.1, -0.05) is 0 Å². The first-order chi connectivity index (χ1) is 6.07. The van der Waals surface area contributed by atoms with Crippen LogP contribution in [0.2, 0.25) is 0 Å². The zero-order valence-corrected chi connectivity index (χ0v) is 9.39. The van der Waals surface area contributed by atoms with E-state index >= 15 is 0 Å². The lowest BCUT2D eigenvalue weighted by Gasteiger charge is -1.90. The normalized spacial score (nSPS) is 14.8. The van der Waals surface area contributed by atoms with E-state index in [1.54, 1.807) is 0 Å². The summed E-state index contributed by atoms with van der Waals surface area (Å²) in [6.07, 6.45) is 2.91. The summed E-state index contributed by atoms with van der Waals surface area (Å²) in [5.41, 5.74) is 0.201. The van der Waals surface area contributed by atoms with Crippen molar-refractivity contribution in [2.45, 2.75) is 9.24 Å². The fourth-order valence-corrected chi connectivity index (χ4v) is 3.30. The van der Waals surface area contributed by atoms with Crippen LogP contribution in [0.4, 0.5) is 0 Å². The van der Waals surface area contributed by atoms with Crippen molar-refractivity contribution in [2.24, 2.45) is 0 Å². The Hall–Kier alpha value is -0.580. The van der Waals surface area contributed by atoms with Crippen molar-refractivity contribution in [1.82, 2.24) is 4.37 Å². The molecule has 4 nitrogen and oxygen atoms in total. The van der Waals surface area contributed by atoms with E-state index in [-0.39, 0.29) is 10.6 Å². The molecule has 2 atom stereocenters. The predicted molar refractivity (Wildman–Crippen MR) is 51.5 cm³/mol. The maximum absolute atomic E-state index is 11.1. The Bertz CT molecular complexity index is 387. The molecular formula is C6H6N2O2S3. The molecule has 0 saturated heterocycles. The third-order valence-corrected chi connectivity index (χ3v) is 4.53. The lowest BCUT2D eigenvalue weighted by molar-refractivity contribution is 0.684. The van der Waals surface area contributed by atoms with Crippen LogP contribution < -0.4 is 0 Å². The molecule has 0 amide bonds. The zero-order chi connectivity index (χ0) is 10.0. The third-order valence-electron chi connectivity index (χ3n) is 1.27. The molecule has 1 aromatic heterocycles. The number of rotatable bonds is 2. The standard InChI is InChI=1S/C6H6N2O2S3/c1-12(9)5-4(3-7)6(11-8-5)13(2)10/h1-2H3. The average Bonchev–Trinajstić information content (AvgIpc) is 2.46. The summed E-state index contributed by atoms with van der Waals surface area (Å²) < 4.78 is 26.4. The Morgan fingerprint density at radius 2 is 2.00 bits per heavy atom. The molecule has 0 aliphatic carbocycles. The Morgan fingerprint density at radius 1 is 1.38 bits per heavy atom. The first kappa shape index (κ1) is 10.5. The van der Waals surface area contributed by atoms with E-state index < -0.39 is 21.6 Å². The van der Waals surface area contributed by atoms with E-state index in [0.717, 1.165) is 11.5 Å². The van der Waals surface area contributed by atoms with Crippen molar-refractivity contribution >= 4 is 33.1 Å². The van der Waals surface area contributed by atoms with Crippen LogP contribution in [0.25, 0.3) is 0 Å². The fraction of sp³-hybridized carbons (Fsp3) is 0.333. The minimum atomic E-state index is -1.29. The molecule has 70 valence electrons. The maximum Gasteiger partial charge on any atom is 0.159 e. The highest BCUT2D eigenvalue weighted by Gasteiger charge is 2.18. The number of hydrogen-bond donors (Lipinski definition) is 0. The Labute approximate surface area is 84.7 Å². The largest absolute Gasteiger partial charge is 0.254 e. The zero-order valence-electron chi connectivity index (χ0n) is 6.94. The minimum Gasteiger partial charge on any atom is -0.254 e. The smallest absolute Gasteiger partial charge is 0.159 e. The minimum absolute atomic E-state index is 0.201. The highest BCUT2D eigenvalue weighted by Crippen LogP contribution is 2.22.